The molecule has 8 heteroatoms. The largest absolute Gasteiger partial charge is 0.349 e. The van der Waals surface area contributed by atoms with E-state index < -0.39 is 22.0 Å². The van der Waals surface area contributed by atoms with Crippen molar-refractivity contribution in [2.24, 2.45) is 0 Å². The topological polar surface area (TPSA) is 79.4 Å². The van der Waals surface area contributed by atoms with Crippen LogP contribution in [0, 0.1) is 0 Å². The second-order valence-electron chi connectivity index (χ2n) is 5.50. The van der Waals surface area contributed by atoms with Crippen LogP contribution in [0.15, 0.2) is 48.7 Å². The van der Waals surface area contributed by atoms with Gasteiger partial charge in [-0.3, -0.25) is 14.1 Å². The van der Waals surface area contributed by atoms with Crippen LogP contribution in [0.25, 0.3) is 0 Å². The number of nitrogens with one attached hydrogen (secondary N) is 1. The summed E-state index contributed by atoms with van der Waals surface area (Å²) in [5, 5.41) is 3.14. The number of anilines is 1. The third-order valence-corrected chi connectivity index (χ3v) is 4.98. The third-order valence-electron chi connectivity index (χ3n) is 3.56. The summed E-state index contributed by atoms with van der Waals surface area (Å²) in [5.74, 6) is -0.390. The highest BCUT2D eigenvalue weighted by Crippen LogP contribution is 2.25. The van der Waals surface area contributed by atoms with Gasteiger partial charge in [0.1, 0.15) is 6.04 Å². The van der Waals surface area contributed by atoms with Gasteiger partial charge in [0.2, 0.25) is 15.9 Å². The maximum atomic E-state index is 12.6. The van der Waals surface area contributed by atoms with Crippen LogP contribution >= 0.6 is 11.6 Å². The molecule has 0 radical (unpaired) electrons. The van der Waals surface area contributed by atoms with E-state index in [0.717, 1.165) is 10.6 Å². The Labute approximate surface area is 152 Å². The summed E-state index contributed by atoms with van der Waals surface area (Å²) in [6.07, 6.45) is 3.02. The summed E-state index contributed by atoms with van der Waals surface area (Å²) in [4.78, 5) is 16.8. The SMILES string of the molecule is CC[C@H](C(=O)NCc1ccccn1)N(c1cccc(Cl)c1)S(C)(=O)=O. The lowest BCUT2D eigenvalue weighted by atomic mass is 10.2. The van der Waals surface area contributed by atoms with Gasteiger partial charge < -0.3 is 5.32 Å². The maximum Gasteiger partial charge on any atom is 0.244 e. The molecule has 0 bridgehead atoms. The zero-order valence-electron chi connectivity index (χ0n) is 14.0. The van der Waals surface area contributed by atoms with E-state index in [1.165, 1.54) is 6.07 Å². The molecular weight excluding hydrogens is 362 g/mol. The van der Waals surface area contributed by atoms with Crippen molar-refractivity contribution in [3.63, 3.8) is 0 Å². The Morgan fingerprint density at radius 3 is 2.60 bits per heavy atom. The Balaban J connectivity index is 2.25. The van der Waals surface area contributed by atoms with Crippen LogP contribution < -0.4 is 9.62 Å². The monoisotopic (exact) mass is 381 g/mol. The van der Waals surface area contributed by atoms with E-state index in [1.54, 1.807) is 43.5 Å². The smallest absolute Gasteiger partial charge is 0.244 e. The Hall–Kier alpha value is -2.12. The van der Waals surface area contributed by atoms with Gasteiger partial charge in [-0.2, -0.15) is 0 Å². The quantitative estimate of drug-likeness (QED) is 0.799. The van der Waals surface area contributed by atoms with Crippen molar-refractivity contribution in [2.45, 2.75) is 25.9 Å². The molecule has 0 unspecified atom stereocenters. The van der Waals surface area contributed by atoms with Crippen molar-refractivity contribution in [3.8, 4) is 0 Å². The van der Waals surface area contributed by atoms with Gasteiger partial charge in [-0.1, -0.05) is 30.7 Å². The van der Waals surface area contributed by atoms with E-state index in [0.29, 0.717) is 22.8 Å². The Bertz CT molecular complexity index is 828. The van der Waals surface area contributed by atoms with Gasteiger partial charge in [0.05, 0.1) is 24.2 Å². The van der Waals surface area contributed by atoms with Crippen LogP contribution in [0.2, 0.25) is 5.02 Å². The fraction of sp³-hybridized carbons (Fsp3) is 0.294. The van der Waals surface area contributed by atoms with E-state index in [4.69, 9.17) is 11.6 Å². The summed E-state index contributed by atoms with van der Waals surface area (Å²) in [6, 6.07) is 10.9. The number of aromatic nitrogens is 1. The number of halogens is 1. The molecule has 0 aliphatic carbocycles. The summed E-state index contributed by atoms with van der Waals surface area (Å²) >= 11 is 5.98. The van der Waals surface area contributed by atoms with E-state index in [9.17, 15) is 13.2 Å². The lowest BCUT2D eigenvalue weighted by molar-refractivity contribution is -0.122. The number of sulfonamides is 1. The van der Waals surface area contributed by atoms with Gasteiger partial charge in [-0.05, 0) is 36.8 Å². The molecule has 0 saturated carbocycles. The zero-order valence-corrected chi connectivity index (χ0v) is 15.6. The zero-order chi connectivity index (χ0) is 18.4. The number of amides is 1. The van der Waals surface area contributed by atoms with Crippen molar-refractivity contribution in [1.82, 2.24) is 10.3 Å². The molecule has 1 atom stereocenters. The number of benzene rings is 1. The van der Waals surface area contributed by atoms with E-state index in [-0.39, 0.29) is 6.54 Å². The highest BCUT2D eigenvalue weighted by atomic mass is 35.5. The molecule has 1 heterocycles. The first-order valence-electron chi connectivity index (χ1n) is 7.75. The van der Waals surface area contributed by atoms with Crippen LogP contribution in [0.3, 0.4) is 0 Å². The Morgan fingerprint density at radius 2 is 2.04 bits per heavy atom. The highest BCUT2D eigenvalue weighted by Gasteiger charge is 2.31. The molecule has 0 aliphatic heterocycles. The predicted octanol–water partition coefficient (Wildman–Crippen LogP) is 2.60. The molecular formula is C17H20ClN3O3S. The van der Waals surface area contributed by atoms with Crippen LogP contribution in [0.1, 0.15) is 19.0 Å². The van der Waals surface area contributed by atoms with Crippen LogP contribution in [-0.2, 0) is 21.4 Å². The molecule has 2 aromatic rings. The summed E-state index contributed by atoms with van der Waals surface area (Å²) in [7, 11) is -3.68. The molecule has 2 rings (SSSR count). The Morgan fingerprint density at radius 1 is 1.28 bits per heavy atom. The number of nitrogens with zero attached hydrogens (tertiary/aromatic N) is 2. The van der Waals surface area contributed by atoms with Gasteiger partial charge in [-0.25, -0.2) is 8.42 Å². The van der Waals surface area contributed by atoms with Gasteiger partial charge in [0, 0.05) is 11.2 Å². The van der Waals surface area contributed by atoms with E-state index in [1.807, 2.05) is 6.07 Å². The normalized spacial score (nSPS) is 12.4. The molecule has 1 aromatic heterocycles. The first-order chi connectivity index (χ1) is 11.8. The molecule has 1 amide bonds. The fourth-order valence-corrected chi connectivity index (χ4v) is 3.86. The molecule has 0 spiro atoms. The molecule has 6 nitrogen and oxygen atoms in total. The number of carbonyl (C=O) groups excluding carboxylic acids is 1. The minimum absolute atomic E-state index is 0.226. The van der Waals surface area contributed by atoms with Crippen molar-refractivity contribution in [2.75, 3.05) is 10.6 Å². The number of rotatable bonds is 7. The number of carbonyl (C=O) groups is 1. The summed E-state index contributed by atoms with van der Waals surface area (Å²) in [5.41, 5.74) is 1.05. The number of hydrogen-bond donors (Lipinski definition) is 1. The second kappa shape index (κ2) is 8.31. The van der Waals surface area contributed by atoms with E-state index >= 15 is 0 Å². The molecule has 0 aliphatic rings. The highest BCUT2D eigenvalue weighted by molar-refractivity contribution is 7.92. The predicted molar refractivity (Wildman–Crippen MR) is 98.9 cm³/mol. The number of hydrogen-bond acceptors (Lipinski definition) is 4. The second-order valence-corrected chi connectivity index (χ2v) is 7.80. The molecule has 0 saturated heterocycles. The van der Waals surface area contributed by atoms with Crippen LogP contribution in [0.5, 0.6) is 0 Å². The third kappa shape index (κ3) is 5.17. The van der Waals surface area contributed by atoms with Crippen molar-refractivity contribution < 1.29 is 13.2 Å². The van der Waals surface area contributed by atoms with Crippen LogP contribution in [-0.4, -0.2) is 31.6 Å². The average molecular weight is 382 g/mol. The van der Waals surface area contributed by atoms with Crippen molar-refractivity contribution in [3.05, 3.63) is 59.4 Å². The van der Waals surface area contributed by atoms with Gasteiger partial charge in [0.25, 0.3) is 0 Å². The minimum atomic E-state index is -3.68. The van der Waals surface area contributed by atoms with Crippen molar-refractivity contribution >= 4 is 33.2 Å². The maximum absolute atomic E-state index is 12.6. The van der Waals surface area contributed by atoms with Gasteiger partial charge >= 0.3 is 0 Å². The summed E-state index contributed by atoms with van der Waals surface area (Å²) < 4.78 is 25.7. The molecule has 134 valence electrons. The minimum Gasteiger partial charge on any atom is -0.349 e. The first-order valence-corrected chi connectivity index (χ1v) is 9.98. The van der Waals surface area contributed by atoms with Gasteiger partial charge in [-0.15, -0.1) is 0 Å². The first kappa shape index (κ1) is 19.2. The Kier molecular flexibility index (Phi) is 6.39. The van der Waals surface area contributed by atoms with Crippen molar-refractivity contribution in [1.29, 1.82) is 0 Å². The molecule has 0 fully saturated rings. The lowest BCUT2D eigenvalue weighted by Crippen LogP contribution is -2.49. The molecule has 1 aromatic carbocycles. The summed E-state index contributed by atoms with van der Waals surface area (Å²) in [6.45, 7) is 1.98. The average Bonchev–Trinajstić information content (AvgIpc) is 2.57. The fourth-order valence-electron chi connectivity index (χ4n) is 2.47. The standard InChI is InChI=1S/C17H20ClN3O3S/c1-3-16(17(22)20-12-14-8-4-5-10-19-14)21(25(2,23)24)15-9-6-7-13(18)11-15/h4-11,16H,3,12H2,1-2H3,(H,20,22)/t16-/m1/s1. The van der Waals surface area contributed by atoms with Gasteiger partial charge in [0.15, 0.2) is 0 Å². The molecule has 1 N–H and O–H groups in total. The van der Waals surface area contributed by atoms with Crippen LogP contribution in [0.4, 0.5) is 5.69 Å². The lowest BCUT2D eigenvalue weighted by Gasteiger charge is -2.30. The molecule has 25 heavy (non-hydrogen) atoms. The van der Waals surface area contributed by atoms with E-state index in [2.05, 4.69) is 10.3 Å². The number of pyridine rings is 1.